The van der Waals surface area contributed by atoms with Crippen LogP contribution in [0.1, 0.15) is 28.8 Å². The maximum atomic E-state index is 13.9. The zero-order valence-corrected chi connectivity index (χ0v) is 17.6. The largest absolute Gasteiger partial charge is 0.385 e. The second-order valence-electron chi connectivity index (χ2n) is 7.48. The monoisotopic (exact) mass is 438 g/mol. The topological polar surface area (TPSA) is 75.7 Å². The minimum absolute atomic E-state index is 0.0289. The van der Waals surface area contributed by atoms with E-state index in [4.69, 9.17) is 4.74 Å². The molecule has 2 aromatic carbocycles. The first kappa shape index (κ1) is 22.3. The highest BCUT2D eigenvalue weighted by molar-refractivity contribution is 7.89. The van der Waals surface area contributed by atoms with Crippen LogP contribution in [0.2, 0.25) is 0 Å². The van der Waals surface area contributed by atoms with Crippen molar-refractivity contribution in [2.45, 2.75) is 30.2 Å². The first-order valence-corrected chi connectivity index (χ1v) is 10.9. The van der Waals surface area contributed by atoms with E-state index in [2.05, 4.69) is 5.32 Å². The molecule has 3 rings (SSSR count). The maximum absolute atomic E-state index is 13.9. The Hall–Kier alpha value is -2.36. The number of benzene rings is 2. The van der Waals surface area contributed by atoms with Crippen molar-refractivity contribution in [1.82, 2.24) is 9.62 Å². The van der Waals surface area contributed by atoms with E-state index in [9.17, 15) is 22.0 Å². The molecule has 1 N–H and O–H groups in total. The number of sulfonamides is 1. The van der Waals surface area contributed by atoms with E-state index >= 15 is 0 Å². The van der Waals surface area contributed by atoms with Gasteiger partial charge in [0.25, 0.3) is 5.91 Å². The van der Waals surface area contributed by atoms with Gasteiger partial charge in [0.2, 0.25) is 10.0 Å². The number of carbonyl (C=O) groups excluding carboxylic acids is 1. The van der Waals surface area contributed by atoms with Gasteiger partial charge in [0, 0.05) is 32.4 Å². The summed E-state index contributed by atoms with van der Waals surface area (Å²) in [4.78, 5) is 12.6. The van der Waals surface area contributed by atoms with Crippen LogP contribution < -0.4 is 5.32 Å². The number of rotatable bonds is 7. The number of nitrogens with one attached hydrogen (secondary N) is 1. The summed E-state index contributed by atoms with van der Waals surface area (Å²) in [5.74, 6) is -1.47. The van der Waals surface area contributed by atoms with Gasteiger partial charge in [0.15, 0.2) is 0 Å². The molecule has 1 fully saturated rings. The molecule has 9 heteroatoms. The molecular formula is C21H24F2N2O4S. The first-order valence-electron chi connectivity index (χ1n) is 9.50. The van der Waals surface area contributed by atoms with Crippen LogP contribution in [-0.2, 0) is 14.8 Å². The van der Waals surface area contributed by atoms with Gasteiger partial charge in [0.1, 0.15) is 11.6 Å². The average molecular weight is 438 g/mol. The van der Waals surface area contributed by atoms with Gasteiger partial charge in [0.05, 0.1) is 10.4 Å². The van der Waals surface area contributed by atoms with Gasteiger partial charge in [-0.15, -0.1) is 0 Å². The molecule has 1 unspecified atom stereocenters. The summed E-state index contributed by atoms with van der Waals surface area (Å²) in [6.07, 6.45) is 0.765. The number of hydrogen-bond donors (Lipinski definition) is 1. The van der Waals surface area contributed by atoms with Crippen LogP contribution in [0.4, 0.5) is 8.78 Å². The summed E-state index contributed by atoms with van der Waals surface area (Å²) in [7, 11) is -2.41. The van der Waals surface area contributed by atoms with Crippen LogP contribution in [0.15, 0.2) is 47.4 Å². The lowest BCUT2D eigenvalue weighted by molar-refractivity contribution is 0.0871. The standard InChI is InChI=1S/C21H24F2N2O4S/c1-15-3-8-18(13-19(15)23)30(27,28)25-11-9-21(14-25,10-12-29-2)24-20(26)16-4-6-17(22)7-5-16/h3-8,13H,9-12,14H2,1-2H3,(H,24,26). The molecule has 6 nitrogen and oxygen atoms in total. The van der Waals surface area contributed by atoms with Crippen molar-refractivity contribution in [3.63, 3.8) is 0 Å². The molecule has 1 heterocycles. The molecule has 1 amide bonds. The average Bonchev–Trinajstić information content (AvgIpc) is 3.14. The fourth-order valence-electron chi connectivity index (χ4n) is 3.50. The molecule has 1 atom stereocenters. The summed E-state index contributed by atoms with van der Waals surface area (Å²) < 4.78 is 59.5. The quantitative estimate of drug-likeness (QED) is 0.721. The Kier molecular flexibility index (Phi) is 6.54. The Morgan fingerprint density at radius 2 is 1.90 bits per heavy atom. The van der Waals surface area contributed by atoms with E-state index in [0.717, 1.165) is 6.07 Å². The van der Waals surface area contributed by atoms with Crippen molar-refractivity contribution in [3.05, 3.63) is 65.2 Å². The van der Waals surface area contributed by atoms with Crippen molar-refractivity contribution in [3.8, 4) is 0 Å². The van der Waals surface area contributed by atoms with E-state index in [-0.39, 0.29) is 23.5 Å². The molecule has 0 aliphatic carbocycles. The Balaban J connectivity index is 1.83. The molecule has 0 bridgehead atoms. The normalized spacial score (nSPS) is 19.7. The van der Waals surface area contributed by atoms with E-state index in [1.54, 1.807) is 6.92 Å². The smallest absolute Gasteiger partial charge is 0.251 e. The lowest BCUT2D eigenvalue weighted by Crippen LogP contribution is -2.51. The third-order valence-electron chi connectivity index (χ3n) is 5.37. The minimum Gasteiger partial charge on any atom is -0.385 e. The Morgan fingerprint density at radius 3 is 2.53 bits per heavy atom. The maximum Gasteiger partial charge on any atom is 0.251 e. The van der Waals surface area contributed by atoms with Crippen LogP contribution in [0.5, 0.6) is 0 Å². The van der Waals surface area contributed by atoms with Crippen molar-refractivity contribution >= 4 is 15.9 Å². The third kappa shape index (κ3) is 4.69. The Morgan fingerprint density at radius 1 is 1.20 bits per heavy atom. The fraction of sp³-hybridized carbons (Fsp3) is 0.381. The summed E-state index contributed by atoms with van der Waals surface area (Å²) in [6, 6.07) is 8.92. The number of aryl methyl sites for hydroxylation is 1. The van der Waals surface area contributed by atoms with Gasteiger partial charge in [-0.3, -0.25) is 4.79 Å². The molecule has 30 heavy (non-hydrogen) atoms. The molecule has 1 aliphatic heterocycles. The highest BCUT2D eigenvalue weighted by atomic mass is 32.2. The van der Waals surface area contributed by atoms with Crippen LogP contribution in [0, 0.1) is 18.6 Å². The molecule has 0 radical (unpaired) electrons. The van der Waals surface area contributed by atoms with Crippen molar-refractivity contribution in [2.75, 3.05) is 26.8 Å². The summed E-state index contributed by atoms with van der Waals surface area (Å²) in [5.41, 5.74) is -0.218. The molecule has 162 valence electrons. The number of carbonyl (C=O) groups is 1. The van der Waals surface area contributed by atoms with Crippen LogP contribution in [0.3, 0.4) is 0 Å². The second kappa shape index (κ2) is 8.79. The van der Waals surface area contributed by atoms with Crippen molar-refractivity contribution < 1.29 is 26.7 Å². The predicted molar refractivity (Wildman–Crippen MR) is 108 cm³/mol. The summed E-state index contributed by atoms with van der Waals surface area (Å²) >= 11 is 0. The molecule has 0 saturated carbocycles. The molecule has 0 spiro atoms. The minimum atomic E-state index is -3.93. The van der Waals surface area contributed by atoms with Gasteiger partial charge >= 0.3 is 0 Å². The van der Waals surface area contributed by atoms with E-state index < -0.39 is 33.1 Å². The van der Waals surface area contributed by atoms with E-state index in [1.165, 1.54) is 47.8 Å². The predicted octanol–water partition coefficient (Wildman–Crippen LogP) is 2.87. The summed E-state index contributed by atoms with van der Waals surface area (Å²) in [5, 5.41) is 2.92. The first-order chi connectivity index (χ1) is 14.2. The van der Waals surface area contributed by atoms with Gasteiger partial charge in [-0.1, -0.05) is 6.07 Å². The van der Waals surface area contributed by atoms with E-state index in [1.807, 2.05) is 0 Å². The third-order valence-corrected chi connectivity index (χ3v) is 7.21. The van der Waals surface area contributed by atoms with Gasteiger partial charge in [-0.2, -0.15) is 4.31 Å². The highest BCUT2D eigenvalue weighted by Crippen LogP contribution is 2.31. The lowest BCUT2D eigenvalue weighted by Gasteiger charge is -2.30. The fourth-order valence-corrected chi connectivity index (χ4v) is 5.04. The number of halogens is 2. The number of amides is 1. The zero-order chi connectivity index (χ0) is 21.9. The van der Waals surface area contributed by atoms with Crippen LogP contribution >= 0.6 is 0 Å². The zero-order valence-electron chi connectivity index (χ0n) is 16.8. The van der Waals surface area contributed by atoms with Crippen LogP contribution in [-0.4, -0.2) is 51.0 Å². The molecule has 0 aromatic heterocycles. The van der Waals surface area contributed by atoms with Crippen LogP contribution in [0.25, 0.3) is 0 Å². The second-order valence-corrected chi connectivity index (χ2v) is 9.42. The molecule has 1 saturated heterocycles. The number of methoxy groups -OCH3 is 1. The molecule has 2 aromatic rings. The van der Waals surface area contributed by atoms with Gasteiger partial charge in [-0.05, 0) is 61.7 Å². The van der Waals surface area contributed by atoms with Gasteiger partial charge < -0.3 is 10.1 Å². The Labute approximate surface area is 174 Å². The number of ether oxygens (including phenoxy) is 1. The highest BCUT2D eigenvalue weighted by Gasteiger charge is 2.44. The lowest BCUT2D eigenvalue weighted by atomic mass is 9.94. The van der Waals surface area contributed by atoms with Gasteiger partial charge in [-0.25, -0.2) is 17.2 Å². The molecule has 1 aliphatic rings. The molecular weight excluding hydrogens is 414 g/mol. The van der Waals surface area contributed by atoms with E-state index in [0.29, 0.717) is 25.0 Å². The van der Waals surface area contributed by atoms with Crippen molar-refractivity contribution in [1.29, 1.82) is 0 Å². The van der Waals surface area contributed by atoms with Crippen molar-refractivity contribution in [2.24, 2.45) is 0 Å². The SMILES string of the molecule is COCCC1(NC(=O)c2ccc(F)cc2)CCN(S(=O)(=O)c2ccc(C)c(F)c2)C1. The number of hydrogen-bond acceptors (Lipinski definition) is 4. The Bertz CT molecular complexity index is 1030. The summed E-state index contributed by atoms with van der Waals surface area (Å²) in [6.45, 7) is 2.07. The number of nitrogens with zero attached hydrogens (tertiary/aromatic N) is 1.